The van der Waals surface area contributed by atoms with Crippen LogP contribution in [0.15, 0.2) is 0 Å². The highest BCUT2D eigenvalue weighted by Crippen LogP contribution is 2.11. The molecule has 0 amide bonds. The third kappa shape index (κ3) is 9.37. The smallest absolute Gasteiger partial charge is 0.331 e. The fraction of sp³-hybridized carbons (Fsp3) is 0.727. The molecule has 0 aliphatic heterocycles. The quantitative estimate of drug-likeness (QED) is 0.177. The van der Waals surface area contributed by atoms with Crippen LogP contribution in [0.3, 0.4) is 0 Å². The average molecular weight is 325 g/mol. The normalized spacial score (nSPS) is 14.5. The van der Waals surface area contributed by atoms with Gasteiger partial charge in [-0.1, -0.05) is 0 Å². The van der Waals surface area contributed by atoms with Gasteiger partial charge in [0.2, 0.25) is 0 Å². The summed E-state index contributed by atoms with van der Waals surface area (Å²) in [4.78, 5) is 33.3. The molecule has 1 unspecified atom stereocenters. The van der Waals surface area contributed by atoms with Crippen LogP contribution in [0.5, 0.6) is 0 Å². The van der Waals surface area contributed by atoms with Crippen molar-refractivity contribution in [1.29, 1.82) is 0 Å². The van der Waals surface area contributed by atoms with Crippen LogP contribution in [0.4, 0.5) is 0 Å². The van der Waals surface area contributed by atoms with Crippen LogP contribution in [-0.4, -0.2) is 52.9 Å². The molecule has 9 nitrogen and oxygen atoms in total. The van der Waals surface area contributed by atoms with E-state index in [1.165, 1.54) is 0 Å². The zero-order valence-corrected chi connectivity index (χ0v) is 12.4. The maximum Gasteiger partial charge on any atom is 0.331 e. The number of carboxylic acid groups (broad SMARTS) is 1. The number of rotatable bonds is 9. The van der Waals surface area contributed by atoms with E-state index in [1.54, 1.807) is 0 Å². The summed E-state index contributed by atoms with van der Waals surface area (Å²) in [5, 5.41) is 8.65. The van der Waals surface area contributed by atoms with Crippen LogP contribution < -0.4 is 17.2 Å². The second kappa shape index (κ2) is 11.5. The van der Waals surface area contributed by atoms with Crippen molar-refractivity contribution in [2.45, 2.75) is 31.3 Å². The van der Waals surface area contributed by atoms with Crippen LogP contribution in [-0.2, 0) is 19.1 Å². The number of carbonyl (C=O) groups is 3. The van der Waals surface area contributed by atoms with Crippen molar-refractivity contribution in [3.05, 3.63) is 0 Å². The molecule has 124 valence electrons. The molecule has 9 N–H and O–H groups in total. The number of nitrogens with two attached hydrogens (primary N) is 3. The van der Waals surface area contributed by atoms with Gasteiger partial charge in [0.25, 0.3) is 0 Å². The molecule has 0 aromatic carbocycles. The van der Waals surface area contributed by atoms with Crippen molar-refractivity contribution < 1.29 is 29.7 Å². The minimum Gasteiger partial charge on any atom is -0.481 e. The van der Waals surface area contributed by atoms with Crippen molar-refractivity contribution in [3.63, 3.8) is 0 Å². The van der Waals surface area contributed by atoms with Gasteiger partial charge in [0, 0.05) is 12.2 Å². The highest BCUT2D eigenvalue weighted by Gasteiger charge is 2.23. The molecule has 0 spiro atoms. The fourth-order valence-electron chi connectivity index (χ4n) is 1.41. The maximum absolute atomic E-state index is 11.5. The van der Waals surface area contributed by atoms with Crippen LogP contribution in [0.2, 0.25) is 0 Å². The zero-order chi connectivity index (χ0) is 15.7. The van der Waals surface area contributed by atoms with E-state index in [1.807, 2.05) is 0 Å². The lowest BCUT2D eigenvalue weighted by Crippen LogP contribution is -2.40. The van der Waals surface area contributed by atoms with Crippen LogP contribution in [0.1, 0.15) is 19.3 Å². The molecular weight excluding hydrogens is 302 g/mol. The number of hydrogen-bond donors (Lipinski definition) is 5. The molecule has 10 heteroatoms. The molecule has 0 saturated heterocycles. The monoisotopic (exact) mass is 325 g/mol. The van der Waals surface area contributed by atoms with Crippen molar-refractivity contribution in [3.8, 4) is 0 Å². The Balaban J connectivity index is 0. The van der Waals surface area contributed by atoms with Crippen molar-refractivity contribution >= 4 is 30.5 Å². The van der Waals surface area contributed by atoms with Gasteiger partial charge in [0.15, 0.2) is 0 Å². The lowest BCUT2D eigenvalue weighted by molar-refractivity contribution is -0.161. The van der Waals surface area contributed by atoms with Gasteiger partial charge in [-0.15, -0.1) is 0 Å². The first-order valence-corrected chi connectivity index (χ1v) is 6.74. The molecule has 0 aliphatic carbocycles. The Morgan fingerprint density at radius 2 is 1.62 bits per heavy atom. The van der Waals surface area contributed by atoms with Crippen molar-refractivity contribution in [2.24, 2.45) is 23.1 Å². The van der Waals surface area contributed by atoms with Gasteiger partial charge in [0.1, 0.15) is 12.1 Å². The predicted octanol–water partition coefficient (Wildman–Crippen LogP) is -2.35. The van der Waals surface area contributed by atoms with Crippen LogP contribution in [0.25, 0.3) is 0 Å². The number of carbonyl (C=O) groups excluding carboxylic acids is 2. The number of aliphatic carboxylic acids is 1. The summed E-state index contributed by atoms with van der Waals surface area (Å²) >= 11 is 3.80. The first-order valence-electron chi connectivity index (χ1n) is 6.11. The number of esters is 2. The summed E-state index contributed by atoms with van der Waals surface area (Å²) < 4.78 is 4.49. The first-order chi connectivity index (χ1) is 9.31. The Hall–Kier alpha value is -1.20. The molecule has 0 aromatic heterocycles. The molecule has 21 heavy (non-hydrogen) atoms. The molecule has 0 fully saturated rings. The molecule has 3 atom stereocenters. The highest BCUT2D eigenvalue weighted by molar-refractivity contribution is 7.80. The first kappa shape index (κ1) is 22.1. The van der Waals surface area contributed by atoms with Gasteiger partial charge in [0.05, 0.1) is 0 Å². The van der Waals surface area contributed by atoms with E-state index in [-0.39, 0.29) is 36.5 Å². The molecule has 0 aromatic rings. The number of ether oxygens (including phenoxy) is 1. The Labute approximate surface area is 127 Å². The lowest BCUT2D eigenvalue weighted by Gasteiger charge is -2.15. The minimum atomic E-state index is -1.02. The second-order valence-electron chi connectivity index (χ2n) is 4.41. The van der Waals surface area contributed by atoms with E-state index >= 15 is 0 Å². The van der Waals surface area contributed by atoms with E-state index in [0.29, 0.717) is 6.42 Å². The van der Waals surface area contributed by atoms with Gasteiger partial charge >= 0.3 is 17.9 Å². The summed E-state index contributed by atoms with van der Waals surface area (Å²) in [6, 6.07) is -2.01. The third-order valence-corrected chi connectivity index (χ3v) is 3.08. The number of carboxylic acids is 1. The summed E-state index contributed by atoms with van der Waals surface area (Å²) in [6.07, 6.45) is 0.435. The van der Waals surface area contributed by atoms with E-state index in [2.05, 4.69) is 17.4 Å². The molecule has 0 radical (unpaired) electrons. The second-order valence-corrected chi connectivity index (χ2v) is 4.78. The van der Waals surface area contributed by atoms with Crippen molar-refractivity contribution in [2.75, 3.05) is 12.3 Å². The summed E-state index contributed by atoms with van der Waals surface area (Å²) in [7, 11) is 0. The van der Waals surface area contributed by atoms with Gasteiger partial charge in [-0.3, -0.25) is 4.79 Å². The van der Waals surface area contributed by atoms with Gasteiger partial charge in [-0.05, 0) is 25.3 Å². The average Bonchev–Trinajstić information content (AvgIpc) is 2.41. The Morgan fingerprint density at radius 3 is 2.05 bits per heavy atom. The van der Waals surface area contributed by atoms with Crippen LogP contribution >= 0.6 is 12.6 Å². The summed E-state index contributed by atoms with van der Waals surface area (Å²) in [5.74, 6) is -2.97. The number of hydrogen-bond acceptors (Lipinski definition) is 8. The van der Waals surface area contributed by atoms with E-state index in [4.69, 9.17) is 22.3 Å². The highest BCUT2D eigenvalue weighted by atomic mass is 32.1. The maximum atomic E-state index is 11.5. The zero-order valence-electron chi connectivity index (χ0n) is 11.5. The van der Waals surface area contributed by atoms with E-state index in [0.717, 1.165) is 0 Å². The third-order valence-electron chi connectivity index (χ3n) is 2.69. The molecule has 0 heterocycles. The van der Waals surface area contributed by atoms with Gasteiger partial charge in [-0.2, -0.15) is 12.6 Å². The SMILES string of the molecule is NCC(CC[C@H](N)C(=O)OC(=O)[C@@H](N)CS)CC(=O)O.O. The number of thiol groups is 1. The largest absolute Gasteiger partial charge is 0.481 e. The standard InChI is InChI=1S/C11H21N3O5S.H2O/c12-4-6(3-9(15)16)1-2-7(13)10(17)19-11(18)8(14)5-20;/h6-8,20H,1-5,12-14H2,(H,15,16);1H2/t6?,7-,8-;/m0./s1. The Bertz CT molecular complexity index is 355. The Kier molecular flexibility index (Phi) is 12.1. The fourth-order valence-corrected chi connectivity index (χ4v) is 1.56. The van der Waals surface area contributed by atoms with E-state index < -0.39 is 30.0 Å². The summed E-state index contributed by atoms with van der Waals surface area (Å²) in [6.45, 7) is 0.178. The topological polar surface area (TPSA) is 190 Å². The molecular formula is C11H23N3O6S. The summed E-state index contributed by atoms with van der Waals surface area (Å²) in [5.41, 5.74) is 16.3. The molecule has 0 bridgehead atoms. The predicted molar refractivity (Wildman–Crippen MR) is 78.5 cm³/mol. The lowest BCUT2D eigenvalue weighted by atomic mass is 9.97. The minimum absolute atomic E-state index is 0. The molecule has 0 rings (SSSR count). The van der Waals surface area contributed by atoms with Gasteiger partial charge < -0.3 is 32.5 Å². The Morgan fingerprint density at radius 1 is 1.10 bits per heavy atom. The molecule has 0 saturated carbocycles. The molecule has 0 aliphatic rings. The van der Waals surface area contributed by atoms with Crippen molar-refractivity contribution in [1.82, 2.24) is 0 Å². The van der Waals surface area contributed by atoms with E-state index in [9.17, 15) is 14.4 Å². The van der Waals surface area contributed by atoms with Crippen LogP contribution in [0, 0.1) is 5.92 Å². The van der Waals surface area contributed by atoms with Gasteiger partial charge in [-0.25, -0.2) is 9.59 Å².